The van der Waals surface area contributed by atoms with Crippen molar-refractivity contribution in [2.45, 2.75) is 31.3 Å². The molecule has 6 nitrogen and oxygen atoms in total. The fourth-order valence-corrected chi connectivity index (χ4v) is 2.48. The predicted octanol–water partition coefficient (Wildman–Crippen LogP) is 1.80. The van der Waals surface area contributed by atoms with Gasteiger partial charge < -0.3 is 14.4 Å². The Bertz CT molecular complexity index is 662. The number of ether oxygens (including phenoxy) is 1. The van der Waals surface area contributed by atoms with Gasteiger partial charge in [0.25, 0.3) is 0 Å². The molecule has 0 spiro atoms. The summed E-state index contributed by atoms with van der Waals surface area (Å²) in [6.45, 7) is 0.614. The predicted molar refractivity (Wildman–Crippen MR) is 72.6 cm³/mol. The van der Waals surface area contributed by atoms with Crippen LogP contribution >= 0.6 is 0 Å². The van der Waals surface area contributed by atoms with Crippen molar-refractivity contribution in [1.82, 2.24) is 10.1 Å². The third-order valence-electron chi connectivity index (χ3n) is 3.49. The van der Waals surface area contributed by atoms with Crippen LogP contribution in [0.3, 0.4) is 0 Å². The summed E-state index contributed by atoms with van der Waals surface area (Å²) in [5.41, 5.74) is 1.05. The Kier molecular flexibility index (Phi) is 3.84. The van der Waals surface area contributed by atoms with E-state index < -0.39 is 6.10 Å². The zero-order valence-electron chi connectivity index (χ0n) is 11.4. The number of hydrogen-bond acceptors (Lipinski definition) is 6. The lowest BCUT2D eigenvalue weighted by atomic mass is 9.92. The van der Waals surface area contributed by atoms with E-state index in [1.54, 1.807) is 0 Å². The average Bonchev–Trinajstić information content (AvgIpc) is 2.95. The molecule has 2 atom stereocenters. The van der Waals surface area contributed by atoms with Crippen molar-refractivity contribution in [3.8, 4) is 11.8 Å². The molecule has 0 saturated heterocycles. The smallest absolute Gasteiger partial charge is 0.229 e. The molecule has 6 heteroatoms. The Morgan fingerprint density at radius 2 is 2.29 bits per heavy atom. The number of aliphatic hydroxyl groups is 1. The standard InChI is InChI=1S/C15H15N3O3/c16-7-5-10(19)9-14-17-15(18-21-14)12-6-8-20-13-4-2-1-3-11(12)13/h1-4,10,12,19H,5-6,8-9H2. The van der Waals surface area contributed by atoms with Crippen LogP contribution in [-0.4, -0.2) is 28.0 Å². The first-order valence-electron chi connectivity index (χ1n) is 6.87. The zero-order valence-corrected chi connectivity index (χ0v) is 11.4. The first-order valence-corrected chi connectivity index (χ1v) is 6.87. The summed E-state index contributed by atoms with van der Waals surface area (Å²) in [5, 5.41) is 22.2. The molecule has 108 valence electrons. The lowest BCUT2D eigenvalue weighted by Crippen LogP contribution is -2.16. The normalized spacial score (nSPS) is 18.4. The molecule has 1 aliphatic heterocycles. The number of para-hydroxylation sites is 1. The molecule has 0 saturated carbocycles. The van der Waals surface area contributed by atoms with Crippen LogP contribution in [0, 0.1) is 11.3 Å². The van der Waals surface area contributed by atoms with Gasteiger partial charge in [-0.2, -0.15) is 10.2 Å². The second-order valence-corrected chi connectivity index (χ2v) is 4.99. The highest BCUT2D eigenvalue weighted by Gasteiger charge is 2.27. The van der Waals surface area contributed by atoms with E-state index >= 15 is 0 Å². The molecule has 1 aliphatic rings. The molecule has 2 aromatic rings. The quantitative estimate of drug-likeness (QED) is 0.920. The van der Waals surface area contributed by atoms with E-state index in [9.17, 15) is 5.11 Å². The van der Waals surface area contributed by atoms with Gasteiger partial charge in [-0.15, -0.1) is 0 Å². The average molecular weight is 285 g/mol. The molecule has 0 radical (unpaired) electrons. The summed E-state index contributed by atoms with van der Waals surface area (Å²) < 4.78 is 10.8. The number of nitriles is 1. The molecule has 0 amide bonds. The lowest BCUT2D eigenvalue weighted by molar-refractivity contribution is 0.167. The monoisotopic (exact) mass is 285 g/mol. The second kappa shape index (κ2) is 5.94. The summed E-state index contributed by atoms with van der Waals surface area (Å²) in [6.07, 6.45) is 0.269. The first-order chi connectivity index (χ1) is 10.3. The van der Waals surface area contributed by atoms with Crippen LogP contribution in [0.1, 0.15) is 36.0 Å². The van der Waals surface area contributed by atoms with Gasteiger partial charge in [0.1, 0.15) is 5.75 Å². The van der Waals surface area contributed by atoms with E-state index in [0.717, 1.165) is 17.7 Å². The van der Waals surface area contributed by atoms with E-state index in [2.05, 4.69) is 10.1 Å². The largest absolute Gasteiger partial charge is 0.493 e. The molecule has 3 rings (SSSR count). The van der Waals surface area contributed by atoms with Gasteiger partial charge in [-0.05, 0) is 12.5 Å². The summed E-state index contributed by atoms with van der Waals surface area (Å²) in [7, 11) is 0. The number of hydrogen-bond donors (Lipinski definition) is 1. The number of aliphatic hydroxyl groups excluding tert-OH is 1. The molecule has 2 heterocycles. The van der Waals surface area contributed by atoms with E-state index in [1.807, 2.05) is 30.3 Å². The van der Waals surface area contributed by atoms with Crippen molar-refractivity contribution < 1.29 is 14.4 Å². The third kappa shape index (κ3) is 2.88. The minimum atomic E-state index is -0.773. The Balaban J connectivity index is 1.80. The van der Waals surface area contributed by atoms with Gasteiger partial charge in [-0.3, -0.25) is 0 Å². The van der Waals surface area contributed by atoms with Gasteiger partial charge in [-0.25, -0.2) is 0 Å². The summed E-state index contributed by atoms with van der Waals surface area (Å²) in [4.78, 5) is 4.35. The fraction of sp³-hybridized carbons (Fsp3) is 0.400. The molecular weight excluding hydrogens is 270 g/mol. The van der Waals surface area contributed by atoms with Crippen molar-refractivity contribution in [1.29, 1.82) is 5.26 Å². The third-order valence-corrected chi connectivity index (χ3v) is 3.49. The Labute approximate surface area is 122 Å². The maximum Gasteiger partial charge on any atom is 0.229 e. The van der Waals surface area contributed by atoms with Crippen LogP contribution in [0.25, 0.3) is 0 Å². The van der Waals surface area contributed by atoms with Crippen LogP contribution in [0.4, 0.5) is 0 Å². The highest BCUT2D eigenvalue weighted by Crippen LogP contribution is 2.36. The number of fused-ring (bicyclic) bond motifs is 1. The maximum atomic E-state index is 9.61. The van der Waals surface area contributed by atoms with Crippen LogP contribution in [-0.2, 0) is 6.42 Å². The Morgan fingerprint density at radius 1 is 1.43 bits per heavy atom. The van der Waals surface area contributed by atoms with Gasteiger partial charge in [0.05, 0.1) is 37.5 Å². The van der Waals surface area contributed by atoms with Gasteiger partial charge in [-0.1, -0.05) is 23.4 Å². The SMILES string of the molecule is N#CCC(O)Cc1nc(C2CCOc3ccccc32)no1. The van der Waals surface area contributed by atoms with E-state index in [-0.39, 0.29) is 18.8 Å². The van der Waals surface area contributed by atoms with Crippen LogP contribution < -0.4 is 4.74 Å². The molecule has 1 aromatic carbocycles. The molecular formula is C15H15N3O3. The van der Waals surface area contributed by atoms with Gasteiger partial charge >= 0.3 is 0 Å². The number of nitrogens with zero attached hydrogens (tertiary/aromatic N) is 3. The highest BCUT2D eigenvalue weighted by molar-refractivity contribution is 5.40. The van der Waals surface area contributed by atoms with Crippen molar-refractivity contribution in [3.63, 3.8) is 0 Å². The zero-order chi connectivity index (χ0) is 14.7. The molecule has 0 aliphatic carbocycles. The van der Waals surface area contributed by atoms with Crippen molar-refractivity contribution in [3.05, 3.63) is 41.5 Å². The molecule has 0 bridgehead atoms. The highest BCUT2D eigenvalue weighted by atomic mass is 16.5. The maximum absolute atomic E-state index is 9.61. The van der Waals surface area contributed by atoms with Gasteiger partial charge in [0.2, 0.25) is 5.89 Å². The number of rotatable bonds is 4. The molecule has 1 N–H and O–H groups in total. The topological polar surface area (TPSA) is 92.2 Å². The molecule has 21 heavy (non-hydrogen) atoms. The van der Waals surface area contributed by atoms with E-state index in [4.69, 9.17) is 14.5 Å². The fourth-order valence-electron chi connectivity index (χ4n) is 2.48. The molecule has 2 unspecified atom stereocenters. The van der Waals surface area contributed by atoms with Crippen LogP contribution in [0.5, 0.6) is 5.75 Å². The summed E-state index contributed by atoms with van der Waals surface area (Å²) in [6, 6.07) is 9.73. The second-order valence-electron chi connectivity index (χ2n) is 4.99. The van der Waals surface area contributed by atoms with Gasteiger partial charge in [0, 0.05) is 5.56 Å². The number of aromatic nitrogens is 2. The van der Waals surface area contributed by atoms with E-state index in [1.165, 1.54) is 0 Å². The van der Waals surface area contributed by atoms with Gasteiger partial charge in [0.15, 0.2) is 5.82 Å². The van der Waals surface area contributed by atoms with Crippen molar-refractivity contribution >= 4 is 0 Å². The molecule has 0 fully saturated rings. The molecule has 1 aromatic heterocycles. The number of benzene rings is 1. The van der Waals surface area contributed by atoms with E-state index in [0.29, 0.717) is 18.3 Å². The van der Waals surface area contributed by atoms with Crippen molar-refractivity contribution in [2.75, 3.05) is 6.61 Å². The first kappa shape index (κ1) is 13.6. The summed E-state index contributed by atoms with van der Waals surface area (Å²) >= 11 is 0. The summed E-state index contributed by atoms with van der Waals surface area (Å²) in [5.74, 6) is 1.85. The Morgan fingerprint density at radius 3 is 3.14 bits per heavy atom. The Hall–Kier alpha value is -2.39. The minimum Gasteiger partial charge on any atom is -0.493 e. The lowest BCUT2D eigenvalue weighted by Gasteiger charge is -2.23. The van der Waals surface area contributed by atoms with Crippen LogP contribution in [0.15, 0.2) is 28.8 Å². The minimum absolute atomic E-state index is 0.0422. The van der Waals surface area contributed by atoms with Crippen molar-refractivity contribution in [2.24, 2.45) is 0 Å². The van der Waals surface area contributed by atoms with Crippen LogP contribution in [0.2, 0.25) is 0 Å².